The van der Waals surface area contributed by atoms with E-state index in [4.69, 9.17) is 9.97 Å². The standard InChI is InChI=1S/C31H25N7O2/c1-3-37-17-24(39)35-30(37)26(20-11-7-5-8-12-20)28-22-15-32-16-23(22)29(34-19-33-28)27(21-13-9-6-10-14-21)31-36-25(40)18-38(31)4-2/h3-19,35-36,39-40H,1-2H2/b30-26+,31-27+. The van der Waals surface area contributed by atoms with Crippen LogP contribution in [0.1, 0.15) is 22.5 Å². The second kappa shape index (κ2) is 10.1. The fourth-order valence-corrected chi connectivity index (χ4v) is 4.87. The lowest BCUT2D eigenvalue weighted by Gasteiger charge is -2.20. The lowest BCUT2D eigenvalue weighted by Crippen LogP contribution is -2.18. The first kappa shape index (κ1) is 24.5. The van der Waals surface area contributed by atoms with Crippen LogP contribution in [0.3, 0.4) is 0 Å². The quantitative estimate of drug-likeness (QED) is 0.268. The number of aliphatic hydroxyl groups is 2. The van der Waals surface area contributed by atoms with Crippen molar-refractivity contribution >= 4 is 11.1 Å². The second-order valence-electron chi connectivity index (χ2n) is 8.94. The first-order chi connectivity index (χ1) is 19.6. The Bertz CT molecular complexity index is 1580. The highest BCUT2D eigenvalue weighted by Gasteiger charge is 2.29. The molecule has 0 unspecified atom stereocenters. The third-order valence-corrected chi connectivity index (χ3v) is 6.58. The summed E-state index contributed by atoms with van der Waals surface area (Å²) < 4.78 is 0. The molecule has 0 bridgehead atoms. The Hall–Kier alpha value is -5.83. The maximum absolute atomic E-state index is 10.3. The van der Waals surface area contributed by atoms with Crippen molar-refractivity contribution in [2.45, 2.75) is 0 Å². The zero-order chi connectivity index (χ0) is 27.6. The highest BCUT2D eigenvalue weighted by Crippen LogP contribution is 2.40. The minimum absolute atomic E-state index is 0.0143. The molecule has 0 amide bonds. The smallest absolute Gasteiger partial charge is 0.207 e. The number of fused-ring (bicyclic) bond motifs is 1. The second-order valence-corrected chi connectivity index (χ2v) is 8.94. The van der Waals surface area contributed by atoms with Crippen LogP contribution in [0.5, 0.6) is 0 Å². The van der Waals surface area contributed by atoms with E-state index in [1.54, 1.807) is 47.0 Å². The summed E-state index contributed by atoms with van der Waals surface area (Å²) in [5, 5.41) is 26.7. The van der Waals surface area contributed by atoms with E-state index in [0.717, 1.165) is 33.4 Å². The van der Waals surface area contributed by atoms with Crippen LogP contribution in [-0.4, -0.2) is 35.0 Å². The zero-order valence-corrected chi connectivity index (χ0v) is 21.4. The molecule has 4 aliphatic heterocycles. The zero-order valence-electron chi connectivity index (χ0n) is 21.4. The number of aromatic nitrogens is 3. The Morgan fingerprint density at radius 1 is 0.675 bits per heavy atom. The van der Waals surface area contributed by atoms with Gasteiger partial charge in [0.25, 0.3) is 0 Å². The van der Waals surface area contributed by atoms with Crippen LogP contribution in [-0.2, 0) is 0 Å². The predicted molar refractivity (Wildman–Crippen MR) is 153 cm³/mol. The summed E-state index contributed by atoms with van der Waals surface area (Å²) in [4.78, 5) is 17.6. The maximum atomic E-state index is 10.3. The Labute approximate surface area is 231 Å². The summed E-state index contributed by atoms with van der Waals surface area (Å²) >= 11 is 0. The molecule has 4 N–H and O–H groups in total. The van der Waals surface area contributed by atoms with E-state index in [9.17, 15) is 10.2 Å². The first-order valence-electron chi connectivity index (χ1n) is 12.4. The topological polar surface area (TPSA) is 110 Å². The fourth-order valence-electron chi connectivity index (χ4n) is 4.87. The fraction of sp³-hybridized carbons (Fsp3) is 0. The van der Waals surface area contributed by atoms with Gasteiger partial charge in [-0.05, 0) is 11.1 Å². The van der Waals surface area contributed by atoms with Crippen molar-refractivity contribution < 1.29 is 10.2 Å². The molecular weight excluding hydrogens is 502 g/mol. The molecule has 6 rings (SSSR count). The van der Waals surface area contributed by atoms with Crippen molar-refractivity contribution in [3.63, 3.8) is 0 Å². The van der Waals surface area contributed by atoms with Gasteiger partial charge in [0.05, 0.1) is 23.8 Å². The number of hydrogen-bond acceptors (Lipinski definition) is 9. The molecule has 0 saturated carbocycles. The van der Waals surface area contributed by atoms with Gasteiger partial charge in [-0.15, -0.1) is 0 Å². The van der Waals surface area contributed by atoms with Gasteiger partial charge in [0.1, 0.15) is 18.0 Å². The molecule has 0 saturated heterocycles. The van der Waals surface area contributed by atoms with Crippen LogP contribution >= 0.6 is 0 Å². The molecule has 2 aromatic carbocycles. The molecule has 0 aliphatic carbocycles. The van der Waals surface area contributed by atoms with Gasteiger partial charge in [0, 0.05) is 47.1 Å². The highest BCUT2D eigenvalue weighted by molar-refractivity contribution is 5.94. The molecule has 0 atom stereocenters. The summed E-state index contributed by atoms with van der Waals surface area (Å²) in [5.74, 6) is 1.15. The van der Waals surface area contributed by atoms with Gasteiger partial charge in [0.15, 0.2) is 0 Å². The van der Waals surface area contributed by atoms with Crippen molar-refractivity contribution in [2.75, 3.05) is 0 Å². The van der Waals surface area contributed by atoms with Crippen LogP contribution < -0.4 is 10.6 Å². The van der Waals surface area contributed by atoms with Gasteiger partial charge in [-0.1, -0.05) is 73.8 Å². The lowest BCUT2D eigenvalue weighted by molar-refractivity contribution is 0.385. The Morgan fingerprint density at radius 2 is 1.10 bits per heavy atom. The van der Waals surface area contributed by atoms with E-state index in [0.29, 0.717) is 23.0 Å². The van der Waals surface area contributed by atoms with Gasteiger partial charge in [-0.2, -0.15) is 0 Å². The average molecular weight is 528 g/mol. The lowest BCUT2D eigenvalue weighted by atomic mass is 9.93. The Kier molecular flexibility index (Phi) is 6.21. The summed E-state index contributed by atoms with van der Waals surface area (Å²) in [6.07, 6.45) is 11.3. The molecule has 9 nitrogen and oxygen atoms in total. The average Bonchev–Trinajstić information content (AvgIpc) is 3.68. The summed E-state index contributed by atoms with van der Waals surface area (Å²) in [7, 11) is 0. The minimum atomic E-state index is -0.0143. The monoisotopic (exact) mass is 527 g/mol. The normalized spacial score (nSPS) is 17.1. The number of hydrogen-bond donors (Lipinski definition) is 4. The molecular formula is C31H25N7O2. The Balaban J connectivity index is 1.61. The number of nitrogens with one attached hydrogen (secondary N) is 2. The van der Waals surface area contributed by atoms with Crippen LogP contribution in [0, 0.1) is 0 Å². The van der Waals surface area contributed by atoms with E-state index in [1.165, 1.54) is 6.33 Å². The number of nitrogens with zero attached hydrogens (tertiary/aromatic N) is 5. The van der Waals surface area contributed by atoms with E-state index in [-0.39, 0.29) is 11.8 Å². The Morgan fingerprint density at radius 3 is 1.50 bits per heavy atom. The molecule has 4 aliphatic rings. The van der Waals surface area contributed by atoms with E-state index >= 15 is 0 Å². The van der Waals surface area contributed by atoms with Gasteiger partial charge >= 0.3 is 0 Å². The molecule has 9 heteroatoms. The summed E-state index contributed by atoms with van der Waals surface area (Å²) in [5.41, 5.74) is 5.88. The number of rotatable bonds is 6. The molecule has 196 valence electrons. The van der Waals surface area contributed by atoms with Crippen molar-refractivity contribution in [1.82, 2.24) is 35.4 Å². The van der Waals surface area contributed by atoms with Crippen molar-refractivity contribution in [3.05, 3.63) is 163 Å². The van der Waals surface area contributed by atoms with Gasteiger partial charge in [-0.25, -0.2) is 9.97 Å². The molecule has 40 heavy (non-hydrogen) atoms. The molecule has 2 aromatic rings. The van der Waals surface area contributed by atoms with E-state index in [1.807, 2.05) is 60.7 Å². The van der Waals surface area contributed by atoms with E-state index in [2.05, 4.69) is 28.8 Å². The molecule has 0 spiro atoms. The van der Waals surface area contributed by atoms with Crippen molar-refractivity contribution in [3.8, 4) is 11.1 Å². The largest absolute Gasteiger partial charge is 0.493 e. The molecule has 0 aromatic heterocycles. The van der Waals surface area contributed by atoms with Crippen LogP contribution in [0.25, 0.3) is 22.3 Å². The molecule has 4 heterocycles. The van der Waals surface area contributed by atoms with Gasteiger partial charge in [-0.3, -0.25) is 4.98 Å². The highest BCUT2D eigenvalue weighted by atomic mass is 16.3. The van der Waals surface area contributed by atoms with Gasteiger partial charge in [0.2, 0.25) is 11.8 Å². The third kappa shape index (κ3) is 4.21. The van der Waals surface area contributed by atoms with Crippen LogP contribution in [0.15, 0.2) is 141 Å². The van der Waals surface area contributed by atoms with E-state index < -0.39 is 0 Å². The number of aliphatic hydroxyl groups excluding tert-OH is 2. The summed E-state index contributed by atoms with van der Waals surface area (Å²) in [6.45, 7) is 7.80. The molecule has 0 radical (unpaired) electrons. The van der Waals surface area contributed by atoms with Crippen molar-refractivity contribution in [2.24, 2.45) is 0 Å². The minimum Gasteiger partial charge on any atom is -0.493 e. The van der Waals surface area contributed by atoms with Crippen LogP contribution in [0.4, 0.5) is 0 Å². The van der Waals surface area contributed by atoms with Crippen LogP contribution in [0.2, 0.25) is 0 Å². The number of benzene rings is 2. The third-order valence-electron chi connectivity index (χ3n) is 6.58. The van der Waals surface area contributed by atoms with Crippen molar-refractivity contribution in [1.29, 1.82) is 0 Å². The SMILES string of the molecule is C=CN1C=C(O)N/C1=C(/c1ccccc1)c1ncnc(/C(=C2\NC(O)=CN2C=C)c2ccccc2)c2cncc1-2. The first-order valence-corrected chi connectivity index (χ1v) is 12.4. The predicted octanol–water partition coefficient (Wildman–Crippen LogP) is 5.22. The summed E-state index contributed by atoms with van der Waals surface area (Å²) in [6, 6.07) is 19.5. The maximum Gasteiger partial charge on any atom is 0.207 e. The molecule has 0 fully saturated rings. The van der Waals surface area contributed by atoms with Gasteiger partial charge < -0.3 is 30.6 Å².